The van der Waals surface area contributed by atoms with Crippen molar-refractivity contribution >= 4 is 49.8 Å². The topological polar surface area (TPSA) is 56.7 Å². The molecule has 0 N–H and O–H groups in total. The van der Waals surface area contributed by atoms with Gasteiger partial charge in [0.1, 0.15) is 11.0 Å². The Morgan fingerprint density at radius 2 is 2.10 bits per heavy atom. The van der Waals surface area contributed by atoms with E-state index >= 15 is 0 Å². The first kappa shape index (κ1) is 12.8. The number of hydrogen-bond donors (Lipinski definition) is 0. The minimum absolute atomic E-state index is 0.315. The Bertz CT molecular complexity index is 991. The number of rotatable bonds is 1. The largest absolute Gasteiger partial charge is 0.418 e. The van der Waals surface area contributed by atoms with Crippen LogP contribution in [0.2, 0.25) is 5.15 Å². The molecule has 5 nitrogen and oxygen atoms in total. The second kappa shape index (κ2) is 4.54. The van der Waals surface area contributed by atoms with Gasteiger partial charge in [0.05, 0.1) is 6.33 Å². The minimum Gasteiger partial charge on any atom is -0.418 e. The summed E-state index contributed by atoms with van der Waals surface area (Å²) in [6.45, 7) is 0. The van der Waals surface area contributed by atoms with Crippen LogP contribution < -0.4 is 0 Å². The quantitative estimate of drug-likeness (QED) is 0.476. The molecule has 0 saturated carbocycles. The van der Waals surface area contributed by atoms with Gasteiger partial charge < -0.3 is 8.98 Å². The summed E-state index contributed by atoms with van der Waals surface area (Å²) >= 11 is 9.59. The SMILES string of the molecule is Cn1cnc2c(Cl)nc3oc(-c4cccc(Br)c4)nc3c21. The Morgan fingerprint density at radius 1 is 1.24 bits per heavy atom. The summed E-state index contributed by atoms with van der Waals surface area (Å²) in [4.78, 5) is 13.0. The lowest BCUT2D eigenvalue weighted by Crippen LogP contribution is -1.87. The summed E-state index contributed by atoms with van der Waals surface area (Å²) in [7, 11) is 1.89. The maximum Gasteiger partial charge on any atom is 0.251 e. The summed E-state index contributed by atoms with van der Waals surface area (Å²) < 4.78 is 8.57. The highest BCUT2D eigenvalue weighted by atomic mass is 79.9. The third-order valence-corrected chi connectivity index (χ3v) is 3.99. The molecule has 4 rings (SSSR count). The van der Waals surface area contributed by atoms with Crippen molar-refractivity contribution in [1.82, 2.24) is 19.5 Å². The van der Waals surface area contributed by atoms with Gasteiger partial charge in [0.15, 0.2) is 10.7 Å². The summed E-state index contributed by atoms with van der Waals surface area (Å²) in [6, 6.07) is 7.74. The van der Waals surface area contributed by atoms with E-state index in [0.717, 1.165) is 15.6 Å². The van der Waals surface area contributed by atoms with Crippen LogP contribution in [0.25, 0.3) is 33.7 Å². The molecular formula is C14H8BrClN4O. The van der Waals surface area contributed by atoms with Crippen molar-refractivity contribution in [3.05, 3.63) is 40.2 Å². The number of imidazole rings is 1. The molecule has 4 aromatic rings. The van der Waals surface area contributed by atoms with Gasteiger partial charge >= 0.3 is 0 Å². The van der Waals surface area contributed by atoms with Gasteiger partial charge in [-0.1, -0.05) is 33.6 Å². The number of aryl methyl sites for hydroxylation is 1. The average molecular weight is 364 g/mol. The number of nitrogens with zero attached hydrogens (tertiary/aromatic N) is 4. The van der Waals surface area contributed by atoms with Crippen LogP contribution in [-0.2, 0) is 7.05 Å². The second-order valence-electron chi connectivity index (χ2n) is 4.64. The highest BCUT2D eigenvalue weighted by Crippen LogP contribution is 2.31. The molecule has 0 aliphatic rings. The molecule has 0 saturated heterocycles. The molecule has 104 valence electrons. The Kier molecular flexibility index (Phi) is 2.77. The molecule has 0 atom stereocenters. The summed E-state index contributed by atoms with van der Waals surface area (Å²) in [5.74, 6) is 0.503. The standard InChI is InChI=1S/C14H8BrClN4O/c1-20-6-17-9-11(20)10-14(19-12(9)16)21-13(18-10)7-3-2-4-8(15)5-7/h2-6H,1H3. The fraction of sp³-hybridized carbons (Fsp3) is 0.0714. The Morgan fingerprint density at radius 3 is 2.90 bits per heavy atom. The zero-order valence-corrected chi connectivity index (χ0v) is 13.2. The first-order chi connectivity index (χ1) is 10.1. The van der Waals surface area contributed by atoms with Gasteiger partial charge in [0.2, 0.25) is 5.89 Å². The van der Waals surface area contributed by atoms with Crippen molar-refractivity contribution in [3.8, 4) is 11.5 Å². The maximum atomic E-state index is 6.15. The molecule has 1 aromatic carbocycles. The van der Waals surface area contributed by atoms with Crippen LogP contribution in [0.1, 0.15) is 0 Å². The van der Waals surface area contributed by atoms with E-state index in [1.54, 1.807) is 6.33 Å². The van der Waals surface area contributed by atoms with E-state index in [-0.39, 0.29) is 0 Å². The molecular weight excluding hydrogens is 356 g/mol. The van der Waals surface area contributed by atoms with Gasteiger partial charge in [-0.25, -0.2) is 9.97 Å². The Labute approximate surface area is 132 Å². The molecule has 3 heterocycles. The maximum absolute atomic E-state index is 6.15. The molecule has 0 aliphatic heterocycles. The smallest absolute Gasteiger partial charge is 0.251 e. The minimum atomic E-state index is 0.315. The fourth-order valence-electron chi connectivity index (χ4n) is 2.29. The van der Waals surface area contributed by atoms with Crippen LogP contribution in [0.3, 0.4) is 0 Å². The van der Waals surface area contributed by atoms with E-state index in [9.17, 15) is 0 Å². The predicted molar refractivity (Wildman–Crippen MR) is 84.2 cm³/mol. The van der Waals surface area contributed by atoms with Gasteiger partial charge in [0.25, 0.3) is 5.71 Å². The Balaban J connectivity index is 2.06. The predicted octanol–water partition coefficient (Wildman–Crippen LogP) is 4.19. The molecule has 0 aliphatic carbocycles. The molecule has 0 radical (unpaired) electrons. The van der Waals surface area contributed by atoms with Crippen LogP contribution in [0.4, 0.5) is 0 Å². The molecule has 0 unspecified atom stereocenters. The first-order valence-electron chi connectivity index (χ1n) is 6.16. The monoisotopic (exact) mass is 362 g/mol. The van der Waals surface area contributed by atoms with E-state index < -0.39 is 0 Å². The van der Waals surface area contributed by atoms with E-state index in [1.807, 2.05) is 35.9 Å². The zero-order valence-electron chi connectivity index (χ0n) is 10.8. The average Bonchev–Trinajstić information content (AvgIpc) is 3.03. The summed E-state index contributed by atoms with van der Waals surface area (Å²) in [5.41, 5.74) is 3.38. The summed E-state index contributed by atoms with van der Waals surface area (Å²) in [6.07, 6.45) is 1.69. The lowest BCUT2D eigenvalue weighted by atomic mass is 10.2. The van der Waals surface area contributed by atoms with Crippen molar-refractivity contribution < 1.29 is 4.42 Å². The van der Waals surface area contributed by atoms with E-state index in [2.05, 4.69) is 30.9 Å². The number of aromatic nitrogens is 4. The van der Waals surface area contributed by atoms with Crippen molar-refractivity contribution in [2.45, 2.75) is 0 Å². The van der Waals surface area contributed by atoms with Gasteiger partial charge in [-0.05, 0) is 18.2 Å². The number of fused-ring (bicyclic) bond motifs is 3. The highest BCUT2D eigenvalue weighted by Gasteiger charge is 2.17. The second-order valence-corrected chi connectivity index (χ2v) is 5.91. The van der Waals surface area contributed by atoms with E-state index in [1.165, 1.54) is 0 Å². The number of hydrogen-bond acceptors (Lipinski definition) is 4. The number of benzene rings is 1. The van der Waals surface area contributed by atoms with E-state index in [0.29, 0.717) is 27.8 Å². The molecule has 21 heavy (non-hydrogen) atoms. The van der Waals surface area contributed by atoms with Gasteiger partial charge in [0, 0.05) is 17.1 Å². The van der Waals surface area contributed by atoms with Crippen LogP contribution in [0.5, 0.6) is 0 Å². The highest BCUT2D eigenvalue weighted by molar-refractivity contribution is 9.10. The van der Waals surface area contributed by atoms with Crippen LogP contribution in [-0.4, -0.2) is 19.5 Å². The van der Waals surface area contributed by atoms with Gasteiger partial charge in [-0.3, -0.25) is 0 Å². The van der Waals surface area contributed by atoms with Gasteiger partial charge in [-0.2, -0.15) is 4.98 Å². The summed E-state index contributed by atoms with van der Waals surface area (Å²) in [5, 5.41) is 0.315. The number of halogens is 2. The lowest BCUT2D eigenvalue weighted by Gasteiger charge is -1.95. The number of pyridine rings is 1. The third kappa shape index (κ3) is 1.94. The molecule has 0 fully saturated rings. The van der Waals surface area contributed by atoms with Crippen molar-refractivity contribution in [3.63, 3.8) is 0 Å². The number of oxazole rings is 1. The molecule has 0 bridgehead atoms. The van der Waals surface area contributed by atoms with Crippen LogP contribution >= 0.6 is 27.5 Å². The van der Waals surface area contributed by atoms with E-state index in [4.69, 9.17) is 16.0 Å². The first-order valence-corrected chi connectivity index (χ1v) is 7.33. The normalized spacial score (nSPS) is 11.6. The Hall–Kier alpha value is -1.92. The molecule has 3 aromatic heterocycles. The third-order valence-electron chi connectivity index (χ3n) is 3.24. The van der Waals surface area contributed by atoms with Gasteiger partial charge in [-0.15, -0.1) is 0 Å². The van der Waals surface area contributed by atoms with Crippen molar-refractivity contribution in [2.24, 2.45) is 7.05 Å². The lowest BCUT2D eigenvalue weighted by molar-refractivity contribution is 0.608. The zero-order chi connectivity index (χ0) is 14.6. The van der Waals surface area contributed by atoms with Crippen LogP contribution in [0, 0.1) is 0 Å². The molecule has 0 spiro atoms. The fourth-order valence-corrected chi connectivity index (χ4v) is 2.90. The molecule has 7 heteroatoms. The molecule has 0 amide bonds. The van der Waals surface area contributed by atoms with Crippen LogP contribution in [0.15, 0.2) is 39.5 Å². The van der Waals surface area contributed by atoms with Crippen molar-refractivity contribution in [1.29, 1.82) is 0 Å². The van der Waals surface area contributed by atoms with Crippen molar-refractivity contribution in [2.75, 3.05) is 0 Å².